The molecule has 4 nitrogen and oxygen atoms in total. The number of hydrogen-bond acceptors (Lipinski definition) is 3. The Kier molecular flexibility index (Phi) is 13.6. The van der Waals surface area contributed by atoms with E-state index < -0.39 is 12.1 Å². The van der Waals surface area contributed by atoms with Gasteiger partial charge in [0.25, 0.3) is 5.91 Å². The minimum absolute atomic E-state index is 0.260. The van der Waals surface area contributed by atoms with Crippen LogP contribution in [0, 0.1) is 23.7 Å². The highest BCUT2D eigenvalue weighted by Gasteiger charge is 2.14. The lowest BCUT2D eigenvalue weighted by atomic mass is 10.0. The first-order valence-corrected chi connectivity index (χ1v) is 11.2. The number of benzene rings is 1. The van der Waals surface area contributed by atoms with E-state index in [1.165, 1.54) is 45.1 Å². The molecule has 31 heavy (non-hydrogen) atoms. The van der Waals surface area contributed by atoms with Crippen molar-refractivity contribution in [2.24, 2.45) is 0 Å². The van der Waals surface area contributed by atoms with Crippen molar-refractivity contribution >= 4 is 23.5 Å². The van der Waals surface area contributed by atoms with Gasteiger partial charge in [0.15, 0.2) is 6.10 Å². The van der Waals surface area contributed by atoms with Crippen molar-refractivity contribution < 1.29 is 14.3 Å². The van der Waals surface area contributed by atoms with Crippen molar-refractivity contribution in [3.05, 3.63) is 47.5 Å². The van der Waals surface area contributed by atoms with E-state index in [0.717, 1.165) is 19.3 Å². The van der Waals surface area contributed by atoms with Crippen LogP contribution in [0.4, 0.5) is 0 Å². The van der Waals surface area contributed by atoms with Crippen molar-refractivity contribution in [1.29, 1.82) is 0 Å². The molecular formula is C26H32ClNO3. The maximum Gasteiger partial charge on any atom is 0.304 e. The van der Waals surface area contributed by atoms with Crippen LogP contribution < -0.4 is 5.32 Å². The van der Waals surface area contributed by atoms with Gasteiger partial charge in [-0.15, -0.1) is 0 Å². The number of amides is 1. The van der Waals surface area contributed by atoms with E-state index in [2.05, 4.69) is 42.5 Å². The Hall–Kier alpha value is -2.69. The molecule has 0 fully saturated rings. The molecule has 166 valence electrons. The van der Waals surface area contributed by atoms with Crippen LogP contribution in [0.1, 0.15) is 75.6 Å². The number of carbonyl (C=O) groups is 2. The summed E-state index contributed by atoms with van der Waals surface area (Å²) in [5.41, 5.74) is 0.420. The SMILES string of the molecule is C=C[C@@H](C#CC#C[C@@H](CCCCCCCCC)NC(=O)c1ccccc1Cl)OC(C)=O. The molecule has 0 saturated carbocycles. The molecular weight excluding hydrogens is 410 g/mol. The van der Waals surface area contributed by atoms with Crippen molar-refractivity contribution in [1.82, 2.24) is 5.32 Å². The number of rotatable bonds is 12. The molecule has 0 bridgehead atoms. The van der Waals surface area contributed by atoms with E-state index in [9.17, 15) is 9.59 Å². The summed E-state index contributed by atoms with van der Waals surface area (Å²) in [6, 6.07) is 6.58. The number of halogens is 1. The number of carbonyl (C=O) groups excluding carboxylic acids is 2. The fourth-order valence-electron chi connectivity index (χ4n) is 2.91. The van der Waals surface area contributed by atoms with Gasteiger partial charge in [0.05, 0.1) is 16.6 Å². The molecule has 1 rings (SSSR count). The monoisotopic (exact) mass is 441 g/mol. The Balaban J connectivity index is 2.74. The minimum atomic E-state index is -0.703. The highest BCUT2D eigenvalue weighted by Crippen LogP contribution is 2.15. The van der Waals surface area contributed by atoms with Gasteiger partial charge in [-0.2, -0.15) is 0 Å². The molecule has 1 amide bonds. The Morgan fingerprint density at radius 3 is 2.39 bits per heavy atom. The van der Waals surface area contributed by atoms with Gasteiger partial charge in [-0.25, -0.2) is 0 Å². The van der Waals surface area contributed by atoms with E-state index in [1.807, 2.05) is 0 Å². The van der Waals surface area contributed by atoms with Gasteiger partial charge in [0.1, 0.15) is 0 Å². The first-order valence-electron chi connectivity index (χ1n) is 10.8. The van der Waals surface area contributed by atoms with E-state index in [0.29, 0.717) is 10.6 Å². The number of ether oxygens (including phenoxy) is 1. The van der Waals surface area contributed by atoms with Gasteiger partial charge in [0, 0.05) is 6.92 Å². The van der Waals surface area contributed by atoms with Crippen molar-refractivity contribution in [3.63, 3.8) is 0 Å². The van der Waals surface area contributed by atoms with Crippen molar-refractivity contribution in [2.45, 2.75) is 77.4 Å². The van der Waals surface area contributed by atoms with Crippen LogP contribution in [-0.4, -0.2) is 24.0 Å². The Bertz CT molecular complexity index is 841. The zero-order valence-electron chi connectivity index (χ0n) is 18.5. The fourth-order valence-corrected chi connectivity index (χ4v) is 3.13. The van der Waals surface area contributed by atoms with Gasteiger partial charge in [-0.1, -0.05) is 88.1 Å². The van der Waals surface area contributed by atoms with Crippen LogP contribution in [0.3, 0.4) is 0 Å². The maximum atomic E-state index is 12.6. The predicted molar refractivity (Wildman–Crippen MR) is 127 cm³/mol. The van der Waals surface area contributed by atoms with Gasteiger partial charge in [0.2, 0.25) is 0 Å². The van der Waals surface area contributed by atoms with E-state index in [4.69, 9.17) is 16.3 Å². The summed E-state index contributed by atoms with van der Waals surface area (Å²) < 4.78 is 4.98. The zero-order valence-corrected chi connectivity index (χ0v) is 19.3. The zero-order chi connectivity index (χ0) is 22.9. The first kappa shape index (κ1) is 26.3. The third kappa shape index (κ3) is 11.9. The second kappa shape index (κ2) is 16.1. The normalized spacial score (nSPS) is 11.7. The average Bonchev–Trinajstić information content (AvgIpc) is 2.74. The molecule has 0 heterocycles. The Labute approximate surface area is 191 Å². The summed E-state index contributed by atoms with van der Waals surface area (Å²) >= 11 is 6.14. The van der Waals surface area contributed by atoms with Crippen LogP contribution in [-0.2, 0) is 9.53 Å². The summed E-state index contributed by atoms with van der Waals surface area (Å²) in [5, 5.41) is 3.35. The molecule has 1 aromatic rings. The number of nitrogens with one attached hydrogen (secondary N) is 1. The average molecular weight is 442 g/mol. The van der Waals surface area contributed by atoms with E-state index in [-0.39, 0.29) is 11.9 Å². The summed E-state index contributed by atoms with van der Waals surface area (Å²) in [7, 11) is 0. The number of esters is 1. The first-order chi connectivity index (χ1) is 15.0. The molecule has 0 aliphatic heterocycles. The lowest BCUT2D eigenvalue weighted by molar-refractivity contribution is -0.142. The Morgan fingerprint density at radius 2 is 1.74 bits per heavy atom. The van der Waals surface area contributed by atoms with Crippen LogP contribution >= 0.6 is 11.6 Å². The van der Waals surface area contributed by atoms with Gasteiger partial charge < -0.3 is 10.1 Å². The van der Waals surface area contributed by atoms with Crippen LogP contribution in [0.5, 0.6) is 0 Å². The van der Waals surface area contributed by atoms with E-state index in [1.54, 1.807) is 24.3 Å². The lowest BCUT2D eigenvalue weighted by Gasteiger charge is -2.14. The smallest absolute Gasteiger partial charge is 0.304 e. The highest BCUT2D eigenvalue weighted by atomic mass is 35.5. The second-order valence-corrected chi connectivity index (χ2v) is 7.63. The fraction of sp³-hybridized carbons (Fsp3) is 0.462. The lowest BCUT2D eigenvalue weighted by Crippen LogP contribution is -2.34. The van der Waals surface area contributed by atoms with Crippen LogP contribution in [0.25, 0.3) is 0 Å². The molecule has 0 aliphatic carbocycles. The molecule has 0 aliphatic rings. The molecule has 0 unspecified atom stereocenters. The molecule has 1 N–H and O–H groups in total. The molecule has 0 spiro atoms. The van der Waals surface area contributed by atoms with E-state index >= 15 is 0 Å². The molecule has 0 saturated heterocycles. The quantitative estimate of drug-likeness (QED) is 0.196. The predicted octanol–water partition coefficient (Wildman–Crippen LogP) is 5.70. The molecule has 1 aromatic carbocycles. The maximum absolute atomic E-state index is 12.6. The van der Waals surface area contributed by atoms with Crippen molar-refractivity contribution in [2.75, 3.05) is 0 Å². The van der Waals surface area contributed by atoms with Crippen molar-refractivity contribution in [3.8, 4) is 23.7 Å². The molecule has 5 heteroatoms. The third-order valence-corrected chi connectivity index (χ3v) is 4.88. The van der Waals surface area contributed by atoms with Crippen LogP contribution in [0.15, 0.2) is 36.9 Å². The summed E-state index contributed by atoms with van der Waals surface area (Å²) in [5.74, 6) is 10.5. The summed E-state index contributed by atoms with van der Waals surface area (Å²) in [4.78, 5) is 23.7. The summed E-state index contributed by atoms with van der Waals surface area (Å²) in [6.45, 7) is 7.11. The second-order valence-electron chi connectivity index (χ2n) is 7.22. The number of hydrogen-bond donors (Lipinski definition) is 1. The Morgan fingerprint density at radius 1 is 1.10 bits per heavy atom. The highest BCUT2D eigenvalue weighted by molar-refractivity contribution is 6.33. The third-order valence-electron chi connectivity index (χ3n) is 4.55. The van der Waals surface area contributed by atoms with Gasteiger partial charge in [-0.3, -0.25) is 9.59 Å². The minimum Gasteiger partial charge on any atom is -0.445 e. The van der Waals surface area contributed by atoms with Crippen LogP contribution in [0.2, 0.25) is 5.02 Å². The number of unbranched alkanes of at least 4 members (excludes halogenated alkanes) is 6. The molecule has 2 atom stereocenters. The molecule has 0 radical (unpaired) electrons. The summed E-state index contributed by atoms with van der Waals surface area (Å²) in [6.07, 6.45) is 9.72. The van der Waals surface area contributed by atoms with Gasteiger partial charge in [-0.05, 0) is 42.4 Å². The molecule has 0 aromatic heterocycles. The largest absolute Gasteiger partial charge is 0.445 e. The van der Waals surface area contributed by atoms with Gasteiger partial charge >= 0.3 is 5.97 Å². The topological polar surface area (TPSA) is 55.4 Å². The standard InChI is InChI=1S/C26H32ClNO3/c1-4-6-7-8-9-10-11-16-22(17-12-13-18-23(5-2)31-21(3)29)28-26(30)24-19-14-15-20-25(24)27/h5,14-15,19-20,22-23H,2,4,6-11,16H2,1,3H3,(H,28,30)/t22-,23+/m1/s1.